The van der Waals surface area contributed by atoms with Crippen LogP contribution in [0.15, 0.2) is 40.5 Å². The number of benzene rings is 1. The number of guanidine groups is 1. The third-order valence-electron chi connectivity index (χ3n) is 5.05. The van der Waals surface area contributed by atoms with Gasteiger partial charge in [0.15, 0.2) is 5.96 Å². The summed E-state index contributed by atoms with van der Waals surface area (Å²) in [5.74, 6) is 1.68. The predicted molar refractivity (Wildman–Crippen MR) is 132 cm³/mol. The first-order chi connectivity index (χ1) is 14.5. The number of sulfonamides is 1. The molecule has 11 heteroatoms. The van der Waals surface area contributed by atoms with Crippen LogP contribution in [0.1, 0.15) is 38.1 Å². The first kappa shape index (κ1) is 25.5. The fourth-order valence-corrected chi connectivity index (χ4v) is 4.91. The zero-order chi connectivity index (χ0) is 21.4. The molecule has 2 heterocycles. The highest BCUT2D eigenvalue weighted by molar-refractivity contribution is 14.0. The molecule has 2 N–H and O–H groups in total. The maximum atomic E-state index is 12.6. The van der Waals surface area contributed by atoms with Crippen molar-refractivity contribution in [2.45, 2.75) is 51.1 Å². The van der Waals surface area contributed by atoms with E-state index in [1.165, 1.54) is 0 Å². The lowest BCUT2D eigenvalue weighted by molar-refractivity contribution is 0.477. The summed E-state index contributed by atoms with van der Waals surface area (Å²) >= 11 is 0. The van der Waals surface area contributed by atoms with E-state index in [9.17, 15) is 8.42 Å². The van der Waals surface area contributed by atoms with Crippen LogP contribution in [0.5, 0.6) is 0 Å². The minimum Gasteiger partial charge on any atom is -0.357 e. The maximum Gasteiger partial charge on any atom is 0.243 e. The molecule has 1 aliphatic rings. The van der Waals surface area contributed by atoms with Crippen molar-refractivity contribution in [1.29, 1.82) is 0 Å². The van der Waals surface area contributed by atoms with Crippen molar-refractivity contribution in [3.8, 4) is 0 Å². The Balaban J connectivity index is 0.00000341. The van der Waals surface area contributed by atoms with Gasteiger partial charge in [0.2, 0.25) is 10.0 Å². The molecule has 31 heavy (non-hydrogen) atoms. The van der Waals surface area contributed by atoms with Crippen LogP contribution in [0, 0.1) is 0 Å². The minimum absolute atomic E-state index is 0. The summed E-state index contributed by atoms with van der Waals surface area (Å²) in [6.45, 7) is 7.97. The van der Waals surface area contributed by atoms with E-state index in [0.717, 1.165) is 49.7 Å². The Morgan fingerprint density at radius 1 is 1.13 bits per heavy atom. The van der Waals surface area contributed by atoms with Crippen molar-refractivity contribution in [1.82, 2.24) is 29.7 Å². The molecule has 0 atom stereocenters. The van der Waals surface area contributed by atoms with Crippen molar-refractivity contribution < 1.29 is 8.42 Å². The highest BCUT2D eigenvalue weighted by Crippen LogP contribution is 2.21. The van der Waals surface area contributed by atoms with Crippen LogP contribution >= 0.6 is 24.0 Å². The van der Waals surface area contributed by atoms with Crippen molar-refractivity contribution in [2.75, 3.05) is 26.2 Å². The zero-order valence-electron chi connectivity index (χ0n) is 18.1. The average molecular weight is 561 g/mol. The van der Waals surface area contributed by atoms with Gasteiger partial charge in [-0.05, 0) is 37.5 Å². The Morgan fingerprint density at radius 2 is 1.84 bits per heavy atom. The van der Waals surface area contributed by atoms with Crippen molar-refractivity contribution in [3.63, 3.8) is 0 Å². The number of aromatic nitrogens is 3. The SMILES string of the molecule is CCNC(=NCc1ccc(S(=O)(=O)N2CCCC2)cc1)NCCn1cnnc1CC.I. The molecule has 0 aliphatic carbocycles. The van der Waals surface area contributed by atoms with E-state index < -0.39 is 10.0 Å². The minimum atomic E-state index is -3.37. The summed E-state index contributed by atoms with van der Waals surface area (Å²) in [6, 6.07) is 7.02. The number of rotatable bonds is 9. The van der Waals surface area contributed by atoms with E-state index >= 15 is 0 Å². The van der Waals surface area contributed by atoms with Crippen LogP contribution in [0.3, 0.4) is 0 Å². The van der Waals surface area contributed by atoms with Crippen molar-refractivity contribution in [3.05, 3.63) is 42.0 Å². The molecule has 0 bridgehead atoms. The third-order valence-corrected chi connectivity index (χ3v) is 6.96. The summed E-state index contributed by atoms with van der Waals surface area (Å²) in [7, 11) is -3.37. The average Bonchev–Trinajstić information content (AvgIpc) is 3.44. The molecule has 9 nitrogen and oxygen atoms in total. The van der Waals surface area contributed by atoms with Crippen LogP contribution in [0.2, 0.25) is 0 Å². The quantitative estimate of drug-likeness (QED) is 0.276. The number of nitrogens with zero attached hydrogens (tertiary/aromatic N) is 5. The monoisotopic (exact) mass is 561 g/mol. The number of halogens is 1. The highest BCUT2D eigenvalue weighted by atomic mass is 127. The van der Waals surface area contributed by atoms with Gasteiger partial charge in [-0.3, -0.25) is 0 Å². The van der Waals surface area contributed by atoms with Gasteiger partial charge in [0.1, 0.15) is 12.2 Å². The molecular formula is C20H32IN7O2S. The van der Waals surface area contributed by atoms with Gasteiger partial charge in [-0.25, -0.2) is 13.4 Å². The number of aryl methyl sites for hydroxylation is 1. The van der Waals surface area contributed by atoms with Crippen LogP contribution in [-0.2, 0) is 29.5 Å². The van der Waals surface area contributed by atoms with E-state index in [-0.39, 0.29) is 24.0 Å². The molecule has 0 radical (unpaired) electrons. The van der Waals surface area contributed by atoms with Gasteiger partial charge in [0.25, 0.3) is 0 Å². The molecule has 1 saturated heterocycles. The van der Waals surface area contributed by atoms with Crippen LogP contribution in [0.4, 0.5) is 0 Å². The van der Waals surface area contributed by atoms with E-state index in [1.807, 2.05) is 23.6 Å². The van der Waals surface area contributed by atoms with Gasteiger partial charge in [-0.1, -0.05) is 19.1 Å². The Labute approximate surface area is 201 Å². The van der Waals surface area contributed by atoms with Crippen molar-refractivity contribution >= 4 is 40.0 Å². The summed E-state index contributed by atoms with van der Waals surface area (Å²) in [5.41, 5.74) is 0.958. The number of hydrogen-bond donors (Lipinski definition) is 2. The molecule has 0 unspecified atom stereocenters. The first-order valence-corrected chi connectivity index (χ1v) is 12.0. The fourth-order valence-electron chi connectivity index (χ4n) is 3.39. The number of hydrogen-bond acceptors (Lipinski definition) is 5. The Bertz CT molecular complexity index is 939. The molecule has 0 spiro atoms. The zero-order valence-corrected chi connectivity index (χ0v) is 21.3. The van der Waals surface area contributed by atoms with Crippen LogP contribution in [0.25, 0.3) is 0 Å². The van der Waals surface area contributed by atoms with Crippen molar-refractivity contribution in [2.24, 2.45) is 4.99 Å². The number of aliphatic imine (C=N–C) groups is 1. The lowest BCUT2D eigenvalue weighted by atomic mass is 10.2. The topological polar surface area (TPSA) is 105 Å². The van der Waals surface area contributed by atoms with Gasteiger partial charge >= 0.3 is 0 Å². The normalized spacial score (nSPS) is 15.0. The maximum absolute atomic E-state index is 12.6. The molecule has 1 fully saturated rings. The van der Waals surface area contributed by atoms with E-state index in [4.69, 9.17) is 0 Å². The predicted octanol–water partition coefficient (Wildman–Crippen LogP) is 2.00. The smallest absolute Gasteiger partial charge is 0.243 e. The molecule has 1 aromatic carbocycles. The molecule has 1 aliphatic heterocycles. The summed E-state index contributed by atoms with van der Waals surface area (Å²) in [6.07, 6.45) is 4.45. The Hall–Kier alpha value is -1.73. The second-order valence-corrected chi connectivity index (χ2v) is 9.11. The largest absolute Gasteiger partial charge is 0.357 e. The van der Waals surface area contributed by atoms with Crippen LogP contribution < -0.4 is 10.6 Å². The molecule has 0 amide bonds. The molecule has 2 aromatic rings. The standard InChI is InChI=1S/C20H31N7O2S.HI/c1-3-19-25-24-16-26(19)14-11-22-20(21-4-2)23-15-17-7-9-18(10-8-17)30(28,29)27-12-5-6-13-27;/h7-10,16H,3-6,11-15H2,1-2H3,(H2,21,22,23);1H. The number of nitrogens with one attached hydrogen (secondary N) is 2. The van der Waals surface area contributed by atoms with Gasteiger partial charge in [0, 0.05) is 39.1 Å². The lowest BCUT2D eigenvalue weighted by Gasteiger charge is -2.15. The summed E-state index contributed by atoms with van der Waals surface area (Å²) < 4.78 is 28.8. The Morgan fingerprint density at radius 3 is 2.48 bits per heavy atom. The summed E-state index contributed by atoms with van der Waals surface area (Å²) in [4.78, 5) is 4.96. The van der Waals surface area contributed by atoms with Gasteiger partial charge in [0.05, 0.1) is 11.4 Å². The Kier molecular flexibility index (Phi) is 10.2. The molecule has 3 rings (SSSR count). The first-order valence-electron chi connectivity index (χ1n) is 10.5. The van der Waals surface area contributed by atoms with Gasteiger partial charge in [-0.15, -0.1) is 34.2 Å². The van der Waals surface area contributed by atoms with Crippen LogP contribution in [-0.4, -0.2) is 59.6 Å². The summed E-state index contributed by atoms with van der Waals surface area (Å²) in [5, 5.41) is 14.6. The van der Waals surface area contributed by atoms with Gasteiger partial charge < -0.3 is 15.2 Å². The van der Waals surface area contributed by atoms with Gasteiger partial charge in [-0.2, -0.15) is 4.31 Å². The molecule has 1 aromatic heterocycles. The molecule has 172 valence electrons. The van der Waals surface area contributed by atoms with E-state index in [1.54, 1.807) is 22.8 Å². The van der Waals surface area contributed by atoms with E-state index in [0.29, 0.717) is 31.1 Å². The van der Waals surface area contributed by atoms with E-state index in [2.05, 4.69) is 32.7 Å². The highest BCUT2D eigenvalue weighted by Gasteiger charge is 2.26. The molecular weight excluding hydrogens is 529 g/mol. The lowest BCUT2D eigenvalue weighted by Crippen LogP contribution is -2.38. The molecule has 0 saturated carbocycles. The second kappa shape index (κ2) is 12.3. The fraction of sp³-hybridized carbons (Fsp3) is 0.550. The third kappa shape index (κ3) is 6.88. The second-order valence-electron chi connectivity index (χ2n) is 7.17.